The Morgan fingerprint density at radius 1 is 0.926 bits per heavy atom. The monoisotopic (exact) mass is 758 g/mol. The maximum atomic E-state index is 14.5. The molecule has 286 valence electrons. The number of benzene rings is 4. The van der Waals surface area contributed by atoms with Gasteiger partial charge in [-0.1, -0.05) is 67.9 Å². The van der Waals surface area contributed by atoms with Crippen molar-refractivity contribution >= 4 is 40.8 Å². The number of aliphatic hydroxyl groups is 1. The average Bonchev–Trinajstić information content (AvgIpc) is 3.26. The molecule has 0 aromatic heterocycles. The number of methoxy groups -OCH3 is 2. The first kappa shape index (κ1) is 40.1. The number of anilines is 2. The van der Waals surface area contributed by atoms with Crippen molar-refractivity contribution in [1.29, 1.82) is 0 Å². The van der Waals surface area contributed by atoms with Crippen molar-refractivity contribution in [3.8, 4) is 17.2 Å². The molecular weight excluding hydrogens is 712 g/mol. The molecule has 3 N–H and O–H groups in total. The molecule has 0 spiro atoms. The number of ether oxygens (including phenoxy) is 4. The van der Waals surface area contributed by atoms with Gasteiger partial charge in [0.15, 0.2) is 11.5 Å². The van der Waals surface area contributed by atoms with Gasteiger partial charge >= 0.3 is 5.97 Å². The number of carbonyl (C=O) groups excluding carboxylic acids is 2. The van der Waals surface area contributed by atoms with E-state index in [1.165, 1.54) is 19.8 Å². The zero-order chi connectivity index (χ0) is 38.8. The molecule has 0 unspecified atom stereocenters. The average molecular weight is 759 g/mol. The lowest BCUT2D eigenvalue weighted by Crippen LogP contribution is -2.46. The number of para-hydroxylation sites is 1. The Kier molecular flexibility index (Phi) is 13.6. The van der Waals surface area contributed by atoms with Crippen LogP contribution in [0.4, 0.5) is 11.4 Å². The molecule has 54 heavy (non-hydrogen) atoms. The van der Waals surface area contributed by atoms with Gasteiger partial charge in [-0.15, -0.1) is 0 Å². The zero-order valence-corrected chi connectivity index (χ0v) is 31.7. The highest BCUT2D eigenvalue weighted by molar-refractivity contribution is 6.30. The van der Waals surface area contributed by atoms with Crippen molar-refractivity contribution in [3.63, 3.8) is 0 Å². The second-order valence-electron chi connectivity index (χ2n) is 13.9. The molecule has 0 saturated carbocycles. The number of amides is 2. The van der Waals surface area contributed by atoms with Crippen molar-refractivity contribution in [2.75, 3.05) is 44.2 Å². The topological polar surface area (TPSA) is 144 Å². The predicted octanol–water partition coefficient (Wildman–Crippen LogP) is 7.25. The Morgan fingerprint density at radius 3 is 2.41 bits per heavy atom. The van der Waals surface area contributed by atoms with E-state index in [-0.39, 0.29) is 32.4 Å². The first-order valence-electron chi connectivity index (χ1n) is 17.8. The van der Waals surface area contributed by atoms with Crippen molar-refractivity contribution in [3.05, 3.63) is 112 Å². The highest BCUT2D eigenvalue weighted by atomic mass is 35.5. The molecule has 0 fully saturated rings. The molecule has 4 aromatic rings. The normalized spacial score (nSPS) is 15.6. The number of halogens is 1. The molecule has 1 heterocycles. The van der Waals surface area contributed by atoms with Gasteiger partial charge in [-0.25, -0.2) is 0 Å². The number of fused-ring (bicyclic) bond motifs is 1. The summed E-state index contributed by atoms with van der Waals surface area (Å²) in [4.78, 5) is 41.3. The fourth-order valence-corrected chi connectivity index (χ4v) is 6.60. The minimum Gasteiger partial charge on any atom is -0.493 e. The predicted molar refractivity (Wildman–Crippen MR) is 207 cm³/mol. The van der Waals surface area contributed by atoms with Crippen LogP contribution in [0.25, 0.3) is 0 Å². The van der Waals surface area contributed by atoms with Gasteiger partial charge in [-0.2, -0.15) is 0 Å². The Balaban J connectivity index is 1.42. The van der Waals surface area contributed by atoms with Gasteiger partial charge in [0.2, 0.25) is 5.91 Å². The highest BCUT2D eigenvalue weighted by Crippen LogP contribution is 2.45. The fraction of sp³-hybridized carbons (Fsp3) is 0.357. The molecule has 5 rings (SSSR count). The van der Waals surface area contributed by atoms with Crippen LogP contribution in [-0.2, 0) is 32.0 Å². The lowest BCUT2D eigenvalue weighted by Gasteiger charge is -2.32. The number of aliphatic hydroxyl groups excluding tert-OH is 1. The van der Waals surface area contributed by atoms with Crippen LogP contribution in [0.3, 0.4) is 0 Å². The number of carboxylic acid groups (broad SMARTS) is 1. The molecule has 1 aliphatic rings. The number of hydrogen-bond donors (Lipinski definition) is 3. The van der Waals surface area contributed by atoms with Crippen LogP contribution in [0.1, 0.15) is 61.5 Å². The van der Waals surface area contributed by atoms with E-state index < -0.39 is 35.4 Å². The SMILES string of the molecule is COc1cccc([C@H]2O[C@H](CC(=O)Nc3ccc(OCCCc4ccccc4)c(CCC(=O)O)c3)C(=O)N(CC(C)(C)CO)c3ccc(Cl)cc32)c1OC. The van der Waals surface area contributed by atoms with Crippen molar-refractivity contribution in [1.82, 2.24) is 0 Å². The summed E-state index contributed by atoms with van der Waals surface area (Å²) in [6.45, 7) is 4.03. The molecule has 1 aliphatic heterocycles. The van der Waals surface area contributed by atoms with Crippen molar-refractivity contribution in [2.24, 2.45) is 5.41 Å². The fourth-order valence-electron chi connectivity index (χ4n) is 6.42. The third-order valence-corrected chi connectivity index (χ3v) is 9.40. The van der Waals surface area contributed by atoms with Crippen LogP contribution in [-0.4, -0.2) is 68.1 Å². The van der Waals surface area contributed by atoms with E-state index >= 15 is 0 Å². The highest BCUT2D eigenvalue weighted by Gasteiger charge is 2.40. The summed E-state index contributed by atoms with van der Waals surface area (Å²) < 4.78 is 24.0. The van der Waals surface area contributed by atoms with Crippen LogP contribution < -0.4 is 24.4 Å². The van der Waals surface area contributed by atoms with Gasteiger partial charge in [-0.3, -0.25) is 14.4 Å². The summed E-state index contributed by atoms with van der Waals surface area (Å²) in [6.07, 6.45) is -0.873. The number of nitrogens with zero attached hydrogens (tertiary/aromatic N) is 1. The maximum absolute atomic E-state index is 14.5. The standard InChI is InChI=1S/C42H47ClN2O9/c1-42(2,26-46)25-45-33-18-16-29(43)23-32(33)39(31-13-8-14-35(51-3)40(31)52-4)54-36(41(45)50)24-37(47)44-30-17-19-34(28(22-30)15-20-38(48)49)53-21-9-12-27-10-6-5-7-11-27/h5-8,10-11,13-14,16-19,22-23,36,39,46H,9,12,15,20-21,24-26H2,1-4H3,(H,44,47)(H,48,49)/t36-,39-/m1/s1. The van der Waals surface area contributed by atoms with Crippen LogP contribution in [0, 0.1) is 5.41 Å². The number of hydrogen-bond acceptors (Lipinski definition) is 8. The summed E-state index contributed by atoms with van der Waals surface area (Å²) >= 11 is 6.53. The maximum Gasteiger partial charge on any atom is 0.303 e. The minimum atomic E-state index is -1.27. The summed E-state index contributed by atoms with van der Waals surface area (Å²) in [7, 11) is 3.03. The van der Waals surface area contributed by atoms with Gasteiger partial charge in [-0.05, 0) is 72.9 Å². The Labute approximate surface area is 320 Å². The molecule has 0 radical (unpaired) electrons. The lowest BCUT2D eigenvalue weighted by molar-refractivity contribution is -0.137. The van der Waals surface area contributed by atoms with E-state index in [1.807, 2.05) is 32.0 Å². The second-order valence-corrected chi connectivity index (χ2v) is 14.4. The Morgan fingerprint density at radius 2 is 1.70 bits per heavy atom. The Bertz CT molecular complexity index is 1930. The van der Waals surface area contributed by atoms with Gasteiger partial charge < -0.3 is 39.4 Å². The molecule has 0 aliphatic carbocycles. The van der Waals surface area contributed by atoms with Crippen molar-refractivity contribution in [2.45, 2.75) is 58.2 Å². The summed E-state index contributed by atoms with van der Waals surface area (Å²) in [5.41, 5.74) is 3.19. The van der Waals surface area contributed by atoms with Crippen LogP contribution in [0.5, 0.6) is 17.2 Å². The first-order valence-corrected chi connectivity index (χ1v) is 18.2. The number of rotatable bonds is 17. The number of nitrogens with one attached hydrogen (secondary N) is 1. The first-order chi connectivity index (χ1) is 25.9. The van der Waals surface area contributed by atoms with Crippen LogP contribution in [0.2, 0.25) is 5.02 Å². The number of carbonyl (C=O) groups is 3. The largest absolute Gasteiger partial charge is 0.493 e. The van der Waals surface area contributed by atoms with Gasteiger partial charge in [0.25, 0.3) is 5.91 Å². The van der Waals surface area contributed by atoms with E-state index in [9.17, 15) is 24.6 Å². The second kappa shape index (κ2) is 18.3. The molecule has 12 heteroatoms. The minimum absolute atomic E-state index is 0.123. The molecule has 0 saturated heterocycles. The number of aliphatic carboxylic acids is 1. The molecule has 2 atom stereocenters. The van der Waals surface area contributed by atoms with Crippen LogP contribution >= 0.6 is 11.6 Å². The molecule has 2 amide bonds. The molecular formula is C42H47ClN2O9. The van der Waals surface area contributed by atoms with Gasteiger partial charge in [0.1, 0.15) is 18.0 Å². The molecule has 0 bridgehead atoms. The van der Waals surface area contributed by atoms with E-state index in [0.717, 1.165) is 12.8 Å². The van der Waals surface area contributed by atoms with E-state index in [0.29, 0.717) is 56.9 Å². The third kappa shape index (κ3) is 10.1. The van der Waals surface area contributed by atoms with E-state index in [1.54, 1.807) is 59.5 Å². The Hall–Kier alpha value is -5.10. The summed E-state index contributed by atoms with van der Waals surface area (Å²) in [5, 5.41) is 22.9. The zero-order valence-electron chi connectivity index (χ0n) is 31.0. The van der Waals surface area contributed by atoms with Gasteiger partial charge in [0, 0.05) is 52.5 Å². The van der Waals surface area contributed by atoms with Crippen molar-refractivity contribution < 1.29 is 43.5 Å². The quantitative estimate of drug-likeness (QED) is 0.0949. The number of carboxylic acids is 1. The summed E-state index contributed by atoms with van der Waals surface area (Å²) in [5.74, 6) is -0.545. The molecule has 11 nitrogen and oxygen atoms in total. The van der Waals surface area contributed by atoms with E-state index in [2.05, 4.69) is 17.4 Å². The van der Waals surface area contributed by atoms with E-state index in [4.69, 9.17) is 30.5 Å². The van der Waals surface area contributed by atoms with Gasteiger partial charge in [0.05, 0.1) is 27.2 Å². The lowest BCUT2D eigenvalue weighted by atomic mass is 9.92. The smallest absolute Gasteiger partial charge is 0.303 e. The van der Waals surface area contributed by atoms with Crippen LogP contribution in [0.15, 0.2) is 84.9 Å². The number of aryl methyl sites for hydroxylation is 2. The third-order valence-electron chi connectivity index (χ3n) is 9.17. The molecule has 4 aromatic carbocycles. The summed E-state index contributed by atoms with van der Waals surface area (Å²) in [6, 6.07) is 25.6.